The van der Waals surface area contributed by atoms with Gasteiger partial charge in [-0.05, 0) is 25.2 Å². The second-order valence-electron chi connectivity index (χ2n) is 20.8. The molecule has 0 aromatic carbocycles. The van der Waals surface area contributed by atoms with Gasteiger partial charge in [0.05, 0.1) is 0 Å². The van der Waals surface area contributed by atoms with E-state index < -0.39 is 6.10 Å². The molecule has 6 nitrogen and oxygen atoms in total. The predicted octanol–water partition coefficient (Wildman–Crippen LogP) is 19.4. The van der Waals surface area contributed by atoms with Gasteiger partial charge in [-0.3, -0.25) is 14.4 Å². The Kier molecular flexibility index (Phi) is 52.1. The van der Waals surface area contributed by atoms with Crippen LogP contribution in [-0.4, -0.2) is 37.2 Å². The van der Waals surface area contributed by atoms with E-state index in [9.17, 15) is 14.4 Å². The normalized spacial score (nSPS) is 12.0. The maximum Gasteiger partial charge on any atom is 0.306 e. The number of hydrogen-bond donors (Lipinski definition) is 0. The molecule has 0 amide bonds. The van der Waals surface area contributed by atoms with Crippen LogP contribution >= 0.6 is 0 Å². The molecule has 0 aliphatic carbocycles. The van der Waals surface area contributed by atoms with Gasteiger partial charge >= 0.3 is 17.9 Å². The van der Waals surface area contributed by atoms with E-state index in [4.69, 9.17) is 14.2 Å². The minimum absolute atomic E-state index is 0.0618. The van der Waals surface area contributed by atoms with E-state index >= 15 is 0 Å². The largest absolute Gasteiger partial charge is 0.462 e. The summed E-state index contributed by atoms with van der Waals surface area (Å²) in [5.41, 5.74) is 0. The lowest BCUT2D eigenvalue weighted by molar-refractivity contribution is -0.167. The zero-order valence-electron chi connectivity index (χ0n) is 44.5. The highest BCUT2D eigenvalue weighted by Gasteiger charge is 2.19. The van der Waals surface area contributed by atoms with E-state index in [0.29, 0.717) is 19.3 Å². The third kappa shape index (κ3) is 53.2. The maximum atomic E-state index is 12.8. The summed E-state index contributed by atoms with van der Waals surface area (Å²) < 4.78 is 16.9. The van der Waals surface area contributed by atoms with Gasteiger partial charge in [-0.2, -0.15) is 0 Å². The van der Waals surface area contributed by atoms with Crippen LogP contribution in [0.1, 0.15) is 336 Å². The van der Waals surface area contributed by atoms with E-state index in [-0.39, 0.29) is 31.1 Å². The number of rotatable bonds is 54. The first-order valence-electron chi connectivity index (χ1n) is 29.4. The summed E-state index contributed by atoms with van der Waals surface area (Å²) in [4.78, 5) is 38.1. The molecular formula is C59H114O6. The number of unbranched alkanes of at least 4 members (excludes halogenated alkanes) is 41. The average Bonchev–Trinajstić information content (AvgIpc) is 3.29. The summed E-state index contributed by atoms with van der Waals surface area (Å²) >= 11 is 0. The lowest BCUT2D eigenvalue weighted by atomic mass is 10.0. The van der Waals surface area contributed by atoms with Crippen molar-refractivity contribution in [3.63, 3.8) is 0 Å². The van der Waals surface area contributed by atoms with Crippen LogP contribution in [-0.2, 0) is 28.6 Å². The summed E-state index contributed by atoms with van der Waals surface area (Å²) in [6, 6.07) is 0. The van der Waals surface area contributed by atoms with Crippen molar-refractivity contribution in [2.45, 2.75) is 342 Å². The van der Waals surface area contributed by atoms with Crippen molar-refractivity contribution in [1.29, 1.82) is 0 Å². The molecule has 0 N–H and O–H groups in total. The predicted molar refractivity (Wildman–Crippen MR) is 280 cm³/mol. The summed E-state index contributed by atoms with van der Waals surface area (Å²) in [5, 5.41) is 0. The number of carbonyl (C=O) groups excluding carboxylic acids is 3. The third-order valence-corrected chi connectivity index (χ3v) is 13.5. The molecule has 0 unspecified atom stereocenters. The van der Waals surface area contributed by atoms with Gasteiger partial charge in [-0.15, -0.1) is 0 Å². The number of hydrogen-bond acceptors (Lipinski definition) is 6. The molecular weight excluding hydrogens is 805 g/mol. The van der Waals surface area contributed by atoms with Gasteiger partial charge in [0, 0.05) is 19.3 Å². The van der Waals surface area contributed by atoms with Crippen LogP contribution < -0.4 is 0 Å². The van der Waals surface area contributed by atoms with Crippen LogP contribution in [0.15, 0.2) is 0 Å². The highest BCUT2D eigenvalue weighted by atomic mass is 16.6. The van der Waals surface area contributed by atoms with Gasteiger partial charge in [0.1, 0.15) is 13.2 Å². The highest BCUT2D eigenvalue weighted by Crippen LogP contribution is 2.18. The molecule has 0 bridgehead atoms. The fourth-order valence-electron chi connectivity index (χ4n) is 9.10. The lowest BCUT2D eigenvalue weighted by Gasteiger charge is -2.18. The van der Waals surface area contributed by atoms with Gasteiger partial charge in [0.25, 0.3) is 0 Å². The maximum absolute atomic E-state index is 12.8. The molecule has 0 spiro atoms. The molecule has 0 saturated carbocycles. The second kappa shape index (κ2) is 53.4. The fraction of sp³-hybridized carbons (Fsp3) is 0.949. The van der Waals surface area contributed by atoms with Crippen molar-refractivity contribution < 1.29 is 28.6 Å². The molecule has 0 aromatic heterocycles. The standard InChI is InChI=1S/C59H114O6/c1-5-7-9-11-13-15-17-19-20-21-22-23-24-27-31-34-38-42-46-50-57(60)63-53-56(65-59(62)52-48-44-40-36-30-18-16-14-12-10-8-6-2)54-64-58(61)51-47-43-39-35-32-28-25-26-29-33-37-41-45-49-55(3)4/h55-56H,5-54H2,1-4H3/t56-/m0/s1. The van der Waals surface area contributed by atoms with Gasteiger partial charge in [-0.25, -0.2) is 0 Å². The molecule has 0 radical (unpaired) electrons. The Hall–Kier alpha value is -1.59. The van der Waals surface area contributed by atoms with Crippen LogP contribution in [0.3, 0.4) is 0 Å². The van der Waals surface area contributed by atoms with Crippen LogP contribution in [0.5, 0.6) is 0 Å². The van der Waals surface area contributed by atoms with Crippen molar-refractivity contribution >= 4 is 17.9 Å². The van der Waals surface area contributed by atoms with Crippen LogP contribution in [0, 0.1) is 5.92 Å². The molecule has 0 aromatic rings. The molecule has 0 heterocycles. The monoisotopic (exact) mass is 919 g/mol. The van der Waals surface area contributed by atoms with Crippen LogP contribution in [0.4, 0.5) is 0 Å². The van der Waals surface area contributed by atoms with Crippen LogP contribution in [0.25, 0.3) is 0 Å². The topological polar surface area (TPSA) is 78.9 Å². The number of ether oxygens (including phenoxy) is 3. The zero-order chi connectivity index (χ0) is 47.4. The Morgan fingerprint density at radius 2 is 0.508 bits per heavy atom. The SMILES string of the molecule is CCCCCCCCCCCCCCCCCCCCCC(=O)OC[C@@H](COC(=O)CCCCCCCCCCCCCCCC(C)C)OC(=O)CCCCCCCCCCCCCC. The summed E-state index contributed by atoms with van der Waals surface area (Å²) in [6.07, 6.45) is 58.1. The van der Waals surface area contributed by atoms with Crippen molar-refractivity contribution in [2.24, 2.45) is 5.92 Å². The first kappa shape index (κ1) is 63.4. The summed E-state index contributed by atoms with van der Waals surface area (Å²) in [5.74, 6) is 0.00459. The molecule has 0 fully saturated rings. The third-order valence-electron chi connectivity index (χ3n) is 13.5. The molecule has 0 aliphatic heterocycles. The molecule has 1 atom stereocenters. The van der Waals surface area contributed by atoms with Gasteiger partial charge < -0.3 is 14.2 Å². The smallest absolute Gasteiger partial charge is 0.306 e. The van der Waals surface area contributed by atoms with Gasteiger partial charge in [-0.1, -0.05) is 297 Å². The molecule has 0 saturated heterocycles. The van der Waals surface area contributed by atoms with Crippen molar-refractivity contribution in [3.8, 4) is 0 Å². The second-order valence-corrected chi connectivity index (χ2v) is 20.8. The Balaban J connectivity index is 4.24. The highest BCUT2D eigenvalue weighted by molar-refractivity contribution is 5.71. The van der Waals surface area contributed by atoms with Crippen molar-refractivity contribution in [2.75, 3.05) is 13.2 Å². The Labute approximate surface area is 406 Å². The van der Waals surface area contributed by atoms with Gasteiger partial charge in [0.2, 0.25) is 0 Å². The molecule has 0 aliphatic rings. The van der Waals surface area contributed by atoms with Crippen LogP contribution in [0.2, 0.25) is 0 Å². The summed E-state index contributed by atoms with van der Waals surface area (Å²) in [7, 11) is 0. The number of esters is 3. The Morgan fingerprint density at radius 1 is 0.292 bits per heavy atom. The van der Waals surface area contributed by atoms with E-state index in [1.807, 2.05) is 0 Å². The molecule has 65 heavy (non-hydrogen) atoms. The first-order chi connectivity index (χ1) is 31.9. The first-order valence-corrected chi connectivity index (χ1v) is 29.4. The summed E-state index contributed by atoms with van der Waals surface area (Å²) in [6.45, 7) is 9.06. The van der Waals surface area contributed by atoms with E-state index in [1.54, 1.807) is 0 Å². The minimum Gasteiger partial charge on any atom is -0.462 e. The number of carbonyl (C=O) groups is 3. The van der Waals surface area contributed by atoms with E-state index in [0.717, 1.165) is 63.7 Å². The zero-order valence-corrected chi connectivity index (χ0v) is 44.5. The molecule has 6 heteroatoms. The Bertz CT molecular complexity index is 980. The quantitative estimate of drug-likeness (QED) is 0.0344. The lowest BCUT2D eigenvalue weighted by Crippen LogP contribution is -2.30. The molecule has 0 rings (SSSR count). The van der Waals surface area contributed by atoms with Crippen molar-refractivity contribution in [1.82, 2.24) is 0 Å². The van der Waals surface area contributed by atoms with Gasteiger partial charge in [0.15, 0.2) is 6.10 Å². The van der Waals surface area contributed by atoms with E-state index in [2.05, 4.69) is 27.7 Å². The Morgan fingerprint density at radius 3 is 0.754 bits per heavy atom. The van der Waals surface area contributed by atoms with Crippen molar-refractivity contribution in [3.05, 3.63) is 0 Å². The minimum atomic E-state index is -0.761. The fourth-order valence-corrected chi connectivity index (χ4v) is 9.10. The van der Waals surface area contributed by atoms with E-state index in [1.165, 1.54) is 231 Å². The molecule has 386 valence electrons. The average molecular weight is 920 g/mol.